The molecule has 2 N–H and O–H groups in total. The SMILES string of the molecule is O=C(OC1(C2CCCC2)CCCCC1)C1(C23[B]I2N3)N[I-]1. The third-order valence-electron chi connectivity index (χ3n) is 5.90. The van der Waals surface area contributed by atoms with Crippen LogP contribution in [0.25, 0.3) is 0 Å². The number of carbonyl (C=O) groups excluding carboxylic acids is 1. The van der Waals surface area contributed by atoms with Crippen molar-refractivity contribution in [2.75, 3.05) is 0 Å². The molecule has 0 bridgehead atoms. The summed E-state index contributed by atoms with van der Waals surface area (Å²) < 4.78 is 13.4. The summed E-state index contributed by atoms with van der Waals surface area (Å²) in [6, 6.07) is 0. The molecule has 3 aliphatic heterocycles. The van der Waals surface area contributed by atoms with Gasteiger partial charge in [-0.3, -0.25) is 0 Å². The molecule has 0 spiro atoms. The van der Waals surface area contributed by atoms with E-state index in [0.29, 0.717) is 5.92 Å². The second-order valence-electron chi connectivity index (χ2n) is 7.07. The van der Waals surface area contributed by atoms with E-state index in [1.54, 1.807) is 0 Å². The van der Waals surface area contributed by atoms with Gasteiger partial charge in [0.05, 0.1) is 0 Å². The maximum absolute atomic E-state index is 13.0. The summed E-state index contributed by atoms with van der Waals surface area (Å²) in [5.41, 5.74) is -0.105. The summed E-state index contributed by atoms with van der Waals surface area (Å²) in [5.74, 6) is 0.753. The van der Waals surface area contributed by atoms with Crippen LogP contribution in [0.4, 0.5) is 0 Å². The Bertz CT molecular complexity index is 481. The molecule has 5 fully saturated rings. The Morgan fingerprint density at radius 2 is 1.81 bits per heavy atom. The number of hydrogen-bond acceptors (Lipinski definition) is 4. The Balaban J connectivity index is 1.37. The summed E-state index contributed by atoms with van der Waals surface area (Å²) in [6.45, 7) is 0. The van der Waals surface area contributed by atoms with Gasteiger partial charge in [0.2, 0.25) is 0 Å². The van der Waals surface area contributed by atoms with E-state index < -0.39 is 19.9 Å². The second-order valence-corrected chi connectivity index (χ2v) is 14.4. The summed E-state index contributed by atoms with van der Waals surface area (Å²) in [6.07, 6.45) is 11.2. The zero-order valence-corrected chi connectivity index (χ0v) is 16.4. The van der Waals surface area contributed by atoms with Crippen molar-refractivity contribution >= 4 is 31.0 Å². The van der Waals surface area contributed by atoms with Gasteiger partial charge in [-0.25, -0.2) is 0 Å². The number of fused-ring (bicyclic) bond motifs is 1. The van der Waals surface area contributed by atoms with Gasteiger partial charge in [0.15, 0.2) is 0 Å². The molecule has 2 unspecified atom stereocenters. The van der Waals surface area contributed by atoms with Crippen LogP contribution in [0.1, 0.15) is 57.8 Å². The first-order chi connectivity index (χ1) is 10.2. The zero-order chi connectivity index (χ0) is 14.1. The molecule has 2 aliphatic carbocycles. The predicted molar refractivity (Wildman–Crippen MR) is 85.4 cm³/mol. The van der Waals surface area contributed by atoms with Crippen molar-refractivity contribution in [3.8, 4) is 0 Å². The number of halogens is 2. The molecule has 2 saturated carbocycles. The summed E-state index contributed by atoms with van der Waals surface area (Å²) in [5, 5.41) is 2.43. The molecule has 3 heterocycles. The molecule has 0 aromatic carbocycles. The summed E-state index contributed by atoms with van der Waals surface area (Å²) >= 11 is -1.14. The van der Waals surface area contributed by atoms with Gasteiger partial charge in [-0.1, -0.05) is 0 Å². The van der Waals surface area contributed by atoms with Crippen LogP contribution < -0.4 is 28.5 Å². The normalized spacial score (nSPS) is 45.0. The fraction of sp³-hybridized carbons (Fsp3) is 0.929. The van der Waals surface area contributed by atoms with Gasteiger partial charge in [-0.15, -0.1) is 0 Å². The van der Waals surface area contributed by atoms with Crippen molar-refractivity contribution in [3.05, 3.63) is 0 Å². The number of nitrogens with one attached hydrogen (secondary N) is 2. The standard InChI is InChI=1S/C14H21BI2N2O2/c20-11(13(16-18-13)14-15-17(14)19-14)21-12(8-4-1-5-9-12)10-6-2-3-7-10/h10,18-19H,1-9H2/q-1. The van der Waals surface area contributed by atoms with Crippen LogP contribution in [0, 0.1) is 5.92 Å². The van der Waals surface area contributed by atoms with Gasteiger partial charge in [0.25, 0.3) is 0 Å². The molecule has 5 aliphatic rings. The van der Waals surface area contributed by atoms with Gasteiger partial charge in [-0.2, -0.15) is 0 Å². The number of alkyl halides is 2. The monoisotopic (exact) mass is 514 g/mol. The van der Waals surface area contributed by atoms with E-state index in [9.17, 15) is 4.79 Å². The van der Waals surface area contributed by atoms with Crippen LogP contribution >= 0.6 is 19.9 Å². The molecule has 3 saturated heterocycles. The van der Waals surface area contributed by atoms with Gasteiger partial charge < -0.3 is 0 Å². The number of ether oxygens (including phenoxy) is 1. The van der Waals surface area contributed by atoms with Crippen molar-refractivity contribution in [3.63, 3.8) is 0 Å². The second kappa shape index (κ2) is 4.72. The van der Waals surface area contributed by atoms with Crippen LogP contribution in [-0.2, 0) is 9.53 Å². The van der Waals surface area contributed by atoms with Crippen LogP contribution in [0.5, 0.6) is 0 Å². The fourth-order valence-electron chi connectivity index (χ4n) is 4.40. The molecule has 2 atom stereocenters. The Morgan fingerprint density at radius 3 is 2.33 bits per heavy atom. The average molecular weight is 514 g/mol. The van der Waals surface area contributed by atoms with E-state index in [2.05, 4.69) is 12.2 Å². The van der Waals surface area contributed by atoms with Crippen molar-refractivity contribution in [2.45, 2.75) is 70.4 Å². The van der Waals surface area contributed by atoms with E-state index >= 15 is 0 Å². The molecular weight excluding hydrogens is 493 g/mol. The first kappa shape index (κ1) is 14.3. The van der Waals surface area contributed by atoms with Crippen LogP contribution in [0.15, 0.2) is 0 Å². The Kier molecular flexibility index (Phi) is 3.21. The van der Waals surface area contributed by atoms with Gasteiger partial charge >= 0.3 is 145 Å². The molecular formula is C14H21BI2N2O2-. The molecule has 1 radical (unpaired) electrons. The first-order valence-corrected chi connectivity index (χ1v) is 13.7. The van der Waals surface area contributed by atoms with Gasteiger partial charge in [0.1, 0.15) is 0 Å². The molecule has 7 heteroatoms. The van der Waals surface area contributed by atoms with E-state index in [-0.39, 0.29) is 40.0 Å². The summed E-state index contributed by atoms with van der Waals surface area (Å²) in [4.78, 5) is 13.0. The molecule has 4 nitrogen and oxygen atoms in total. The third kappa shape index (κ3) is 2.02. The fourth-order valence-corrected chi connectivity index (χ4v) is 15.2. The topological polar surface area (TPSA) is 70.2 Å². The third-order valence-corrected chi connectivity index (χ3v) is 14.8. The van der Waals surface area contributed by atoms with E-state index in [1.807, 2.05) is 0 Å². The molecule has 21 heavy (non-hydrogen) atoms. The van der Waals surface area contributed by atoms with Crippen LogP contribution in [0.3, 0.4) is 0 Å². The number of carbonyl (C=O) groups is 1. The average Bonchev–Trinajstić information content (AvgIpc) is 3.37. The molecule has 0 amide bonds. The maximum atomic E-state index is 13.0. The number of rotatable bonds is 4. The quantitative estimate of drug-likeness (QED) is 0.0966. The van der Waals surface area contributed by atoms with Crippen molar-refractivity contribution < 1.29 is 31.0 Å². The first-order valence-electron chi connectivity index (χ1n) is 8.19. The van der Waals surface area contributed by atoms with Crippen LogP contribution in [-0.4, -0.2) is 23.7 Å². The molecule has 5 rings (SSSR count). The Labute approximate surface area is 144 Å². The predicted octanol–water partition coefficient (Wildman–Crippen LogP) is -0.963. The van der Waals surface area contributed by atoms with Crippen molar-refractivity contribution in [1.82, 2.24) is 7.06 Å². The van der Waals surface area contributed by atoms with E-state index in [1.165, 1.54) is 44.9 Å². The minimum atomic E-state index is -0.958. The van der Waals surface area contributed by atoms with Gasteiger partial charge in [0, 0.05) is 0 Å². The summed E-state index contributed by atoms with van der Waals surface area (Å²) in [7, 11) is 0. The Hall–Kier alpha value is 0.915. The van der Waals surface area contributed by atoms with Crippen LogP contribution in [0.2, 0.25) is 0 Å². The molecule has 117 valence electrons. The van der Waals surface area contributed by atoms with E-state index in [0.717, 1.165) is 12.8 Å². The molecule has 0 aromatic rings. The minimum absolute atomic E-state index is 0.105. The Morgan fingerprint density at radius 1 is 1.19 bits per heavy atom. The number of esters is 1. The zero-order valence-electron chi connectivity index (χ0n) is 12.1. The number of hydrogen-bond donors (Lipinski definition) is 2. The van der Waals surface area contributed by atoms with Crippen molar-refractivity contribution in [2.24, 2.45) is 5.92 Å². The van der Waals surface area contributed by atoms with Crippen molar-refractivity contribution in [1.29, 1.82) is 0 Å². The molecule has 0 aromatic heterocycles. The van der Waals surface area contributed by atoms with E-state index in [4.69, 9.17) is 4.74 Å². The van der Waals surface area contributed by atoms with Gasteiger partial charge in [-0.05, 0) is 0 Å².